The molecule has 20 heavy (non-hydrogen) atoms. The second-order valence-corrected chi connectivity index (χ2v) is 6.60. The molecule has 3 rings (SSSR count). The second kappa shape index (κ2) is 5.84. The Bertz CT molecular complexity index is 612. The highest BCUT2D eigenvalue weighted by molar-refractivity contribution is 7.18. The van der Waals surface area contributed by atoms with Crippen molar-refractivity contribution < 1.29 is 4.74 Å². The molecule has 0 spiro atoms. The van der Waals surface area contributed by atoms with Crippen molar-refractivity contribution in [1.29, 1.82) is 0 Å². The number of nitrogens with zero attached hydrogens (tertiary/aromatic N) is 3. The number of thiophene rings is 1. The summed E-state index contributed by atoms with van der Waals surface area (Å²) in [4.78, 5) is 13.0. The standard InChI is InChI=1S/C14H18ClN3OS/c1-3-10-8-11-12(16-14(15)17-13(11)20-10)19-7-6-18(2)9-4-5-9/h8-9H,3-7H2,1-2H3. The van der Waals surface area contributed by atoms with Crippen LogP contribution in [0.1, 0.15) is 24.6 Å². The molecule has 2 aromatic heterocycles. The van der Waals surface area contributed by atoms with Crippen LogP contribution in [0.3, 0.4) is 0 Å². The van der Waals surface area contributed by atoms with Crippen molar-refractivity contribution in [2.45, 2.75) is 32.2 Å². The Kier molecular flexibility index (Phi) is 4.10. The molecule has 0 N–H and O–H groups in total. The van der Waals surface area contributed by atoms with E-state index in [1.807, 2.05) is 0 Å². The first-order valence-corrected chi connectivity index (χ1v) is 8.16. The van der Waals surface area contributed by atoms with Crippen molar-refractivity contribution in [3.63, 3.8) is 0 Å². The summed E-state index contributed by atoms with van der Waals surface area (Å²) in [7, 11) is 2.14. The van der Waals surface area contributed by atoms with Gasteiger partial charge in [0.05, 0.1) is 5.39 Å². The SMILES string of the molecule is CCc1cc2c(OCCN(C)C3CC3)nc(Cl)nc2s1. The fourth-order valence-electron chi connectivity index (χ4n) is 2.19. The number of hydrogen-bond donors (Lipinski definition) is 0. The van der Waals surface area contributed by atoms with E-state index < -0.39 is 0 Å². The van der Waals surface area contributed by atoms with E-state index in [0.717, 1.165) is 29.2 Å². The number of ether oxygens (including phenoxy) is 1. The van der Waals surface area contributed by atoms with Gasteiger partial charge in [-0.3, -0.25) is 0 Å². The van der Waals surface area contributed by atoms with E-state index >= 15 is 0 Å². The van der Waals surface area contributed by atoms with Gasteiger partial charge in [0.1, 0.15) is 11.4 Å². The van der Waals surface area contributed by atoms with Crippen molar-refractivity contribution >= 4 is 33.2 Å². The van der Waals surface area contributed by atoms with Crippen LogP contribution in [0.4, 0.5) is 0 Å². The molecular weight excluding hydrogens is 294 g/mol. The Hall–Kier alpha value is -0.910. The molecule has 2 aromatic rings. The van der Waals surface area contributed by atoms with Crippen molar-refractivity contribution in [3.05, 3.63) is 16.2 Å². The Labute approximate surface area is 127 Å². The Morgan fingerprint density at radius 3 is 2.95 bits per heavy atom. The molecule has 0 atom stereocenters. The van der Waals surface area contributed by atoms with Gasteiger partial charge >= 0.3 is 0 Å². The molecule has 0 bridgehead atoms. The third-order valence-electron chi connectivity index (χ3n) is 3.58. The third kappa shape index (κ3) is 3.05. The average Bonchev–Trinajstić information content (AvgIpc) is 3.19. The van der Waals surface area contributed by atoms with E-state index in [-0.39, 0.29) is 5.28 Å². The zero-order valence-corrected chi connectivity index (χ0v) is 13.3. The van der Waals surface area contributed by atoms with Gasteiger partial charge in [0.2, 0.25) is 11.2 Å². The monoisotopic (exact) mass is 311 g/mol. The lowest BCUT2D eigenvalue weighted by molar-refractivity contribution is 0.228. The van der Waals surface area contributed by atoms with Gasteiger partial charge in [0.15, 0.2) is 0 Å². The zero-order valence-electron chi connectivity index (χ0n) is 11.7. The molecule has 0 saturated heterocycles. The highest BCUT2D eigenvalue weighted by Gasteiger charge is 2.25. The fourth-order valence-corrected chi connectivity index (χ4v) is 3.36. The molecule has 2 heterocycles. The minimum atomic E-state index is 0.257. The molecule has 4 nitrogen and oxygen atoms in total. The van der Waals surface area contributed by atoms with Gasteiger partial charge in [-0.05, 0) is 44.0 Å². The highest BCUT2D eigenvalue weighted by Crippen LogP contribution is 2.31. The summed E-state index contributed by atoms with van der Waals surface area (Å²) in [6.07, 6.45) is 3.61. The summed E-state index contributed by atoms with van der Waals surface area (Å²) in [5.41, 5.74) is 0. The van der Waals surface area contributed by atoms with Crippen molar-refractivity contribution in [1.82, 2.24) is 14.9 Å². The van der Waals surface area contributed by atoms with Crippen LogP contribution in [-0.4, -0.2) is 41.1 Å². The first kappa shape index (κ1) is 14.0. The lowest BCUT2D eigenvalue weighted by atomic mass is 10.3. The highest BCUT2D eigenvalue weighted by atomic mass is 35.5. The van der Waals surface area contributed by atoms with Crippen LogP contribution in [0.15, 0.2) is 6.07 Å². The minimum Gasteiger partial charge on any atom is -0.476 e. The van der Waals surface area contributed by atoms with E-state index in [2.05, 4.69) is 34.9 Å². The Balaban J connectivity index is 1.73. The normalized spacial score (nSPS) is 15.2. The van der Waals surface area contributed by atoms with Crippen LogP contribution in [0.2, 0.25) is 5.28 Å². The first-order valence-electron chi connectivity index (χ1n) is 6.96. The molecule has 1 aliphatic rings. The van der Waals surface area contributed by atoms with E-state index in [0.29, 0.717) is 12.5 Å². The van der Waals surface area contributed by atoms with E-state index in [1.165, 1.54) is 17.7 Å². The maximum Gasteiger partial charge on any atom is 0.227 e. The molecule has 0 aromatic carbocycles. The summed E-state index contributed by atoms with van der Waals surface area (Å²) in [5, 5.41) is 1.23. The molecule has 6 heteroatoms. The van der Waals surface area contributed by atoms with Gasteiger partial charge in [0.25, 0.3) is 0 Å². The minimum absolute atomic E-state index is 0.257. The Morgan fingerprint density at radius 2 is 2.25 bits per heavy atom. The van der Waals surface area contributed by atoms with Crippen LogP contribution in [0.25, 0.3) is 10.2 Å². The topological polar surface area (TPSA) is 38.2 Å². The van der Waals surface area contributed by atoms with Crippen LogP contribution in [-0.2, 0) is 6.42 Å². The molecule has 1 aliphatic carbocycles. The van der Waals surface area contributed by atoms with Crippen LogP contribution in [0, 0.1) is 0 Å². The zero-order chi connectivity index (χ0) is 14.1. The van der Waals surface area contributed by atoms with Gasteiger partial charge < -0.3 is 9.64 Å². The molecule has 1 fully saturated rings. The average molecular weight is 312 g/mol. The number of likely N-dealkylation sites (N-methyl/N-ethyl adjacent to an activating group) is 1. The van der Waals surface area contributed by atoms with Crippen molar-refractivity contribution in [2.24, 2.45) is 0 Å². The largest absolute Gasteiger partial charge is 0.476 e. The summed E-state index contributed by atoms with van der Waals surface area (Å²) < 4.78 is 5.84. The van der Waals surface area contributed by atoms with Crippen LogP contribution < -0.4 is 4.74 Å². The third-order valence-corrected chi connectivity index (χ3v) is 4.93. The van der Waals surface area contributed by atoms with Gasteiger partial charge in [0, 0.05) is 17.5 Å². The number of hydrogen-bond acceptors (Lipinski definition) is 5. The fraction of sp³-hybridized carbons (Fsp3) is 0.571. The van der Waals surface area contributed by atoms with E-state index in [9.17, 15) is 0 Å². The number of aromatic nitrogens is 2. The van der Waals surface area contributed by atoms with Crippen molar-refractivity contribution in [2.75, 3.05) is 20.2 Å². The maximum absolute atomic E-state index is 5.97. The summed E-state index contributed by atoms with van der Waals surface area (Å²) in [5.74, 6) is 0.611. The molecule has 0 unspecified atom stereocenters. The van der Waals surface area contributed by atoms with Crippen LogP contribution >= 0.6 is 22.9 Å². The summed E-state index contributed by atoms with van der Waals surface area (Å²) in [6, 6.07) is 2.86. The van der Waals surface area contributed by atoms with Gasteiger partial charge in [-0.2, -0.15) is 4.98 Å². The first-order chi connectivity index (χ1) is 9.67. The second-order valence-electron chi connectivity index (χ2n) is 5.14. The lowest BCUT2D eigenvalue weighted by Crippen LogP contribution is -2.26. The van der Waals surface area contributed by atoms with Crippen LogP contribution in [0.5, 0.6) is 5.88 Å². The molecule has 0 aliphatic heterocycles. The number of halogens is 1. The molecule has 108 valence electrons. The number of rotatable bonds is 6. The predicted octanol–water partition coefficient (Wildman–Crippen LogP) is 3.38. The van der Waals surface area contributed by atoms with E-state index in [1.54, 1.807) is 11.3 Å². The summed E-state index contributed by atoms with van der Waals surface area (Å²) in [6.45, 7) is 3.68. The maximum atomic E-state index is 5.97. The number of aryl methyl sites for hydroxylation is 1. The molecule has 0 radical (unpaired) electrons. The summed E-state index contributed by atoms with van der Waals surface area (Å²) >= 11 is 7.63. The number of fused-ring (bicyclic) bond motifs is 1. The van der Waals surface area contributed by atoms with Gasteiger partial charge in [-0.1, -0.05) is 6.92 Å². The van der Waals surface area contributed by atoms with E-state index in [4.69, 9.17) is 16.3 Å². The van der Waals surface area contributed by atoms with Gasteiger partial charge in [-0.15, -0.1) is 11.3 Å². The van der Waals surface area contributed by atoms with Crippen molar-refractivity contribution in [3.8, 4) is 5.88 Å². The molecule has 0 amide bonds. The predicted molar refractivity (Wildman–Crippen MR) is 83.0 cm³/mol. The smallest absolute Gasteiger partial charge is 0.227 e. The molecule has 1 saturated carbocycles. The Morgan fingerprint density at radius 1 is 1.45 bits per heavy atom. The lowest BCUT2D eigenvalue weighted by Gasteiger charge is -2.15. The van der Waals surface area contributed by atoms with Gasteiger partial charge in [-0.25, -0.2) is 4.98 Å². The quantitative estimate of drug-likeness (QED) is 0.767. The molecular formula is C14H18ClN3OS.